The van der Waals surface area contributed by atoms with E-state index in [0.717, 1.165) is 11.1 Å². The molecular formula is C17H21NO3. The zero-order valence-corrected chi connectivity index (χ0v) is 12.1. The van der Waals surface area contributed by atoms with Gasteiger partial charge in [-0.1, -0.05) is 36.4 Å². The molecule has 0 aromatic heterocycles. The standard InChI is InChI=1S/C17H21NO3/c1-2-21-17-10-13(8-9-16(17)20)11-18-15(12-19)14-6-4-3-5-7-14/h3-10,15,18-20H,2,11-12H2,1H3/t15-/m0/s1. The maximum atomic E-state index is 9.68. The van der Waals surface area contributed by atoms with E-state index in [-0.39, 0.29) is 18.4 Å². The van der Waals surface area contributed by atoms with Gasteiger partial charge in [-0.15, -0.1) is 0 Å². The first-order valence-electron chi connectivity index (χ1n) is 7.08. The summed E-state index contributed by atoms with van der Waals surface area (Å²) in [6, 6.07) is 15.0. The number of aliphatic hydroxyl groups is 1. The van der Waals surface area contributed by atoms with Crippen LogP contribution in [0.4, 0.5) is 0 Å². The zero-order valence-electron chi connectivity index (χ0n) is 12.1. The van der Waals surface area contributed by atoms with Gasteiger partial charge in [-0.05, 0) is 30.2 Å². The first-order valence-corrected chi connectivity index (χ1v) is 7.08. The molecule has 0 amide bonds. The van der Waals surface area contributed by atoms with Crippen LogP contribution in [-0.4, -0.2) is 23.4 Å². The Labute approximate surface area is 125 Å². The van der Waals surface area contributed by atoms with Crippen molar-refractivity contribution >= 4 is 0 Å². The number of rotatable bonds is 7. The molecule has 3 N–H and O–H groups in total. The van der Waals surface area contributed by atoms with Gasteiger partial charge in [0.1, 0.15) is 0 Å². The lowest BCUT2D eigenvalue weighted by molar-refractivity contribution is 0.243. The van der Waals surface area contributed by atoms with Crippen LogP contribution in [0.3, 0.4) is 0 Å². The Morgan fingerprint density at radius 2 is 1.90 bits per heavy atom. The van der Waals surface area contributed by atoms with E-state index in [0.29, 0.717) is 18.9 Å². The highest BCUT2D eigenvalue weighted by Crippen LogP contribution is 2.27. The van der Waals surface area contributed by atoms with Crippen molar-refractivity contribution < 1.29 is 14.9 Å². The number of ether oxygens (including phenoxy) is 1. The van der Waals surface area contributed by atoms with Gasteiger partial charge in [-0.2, -0.15) is 0 Å². The summed E-state index contributed by atoms with van der Waals surface area (Å²) in [6.45, 7) is 3.00. The van der Waals surface area contributed by atoms with Gasteiger partial charge >= 0.3 is 0 Å². The van der Waals surface area contributed by atoms with Crippen molar-refractivity contribution in [2.45, 2.75) is 19.5 Å². The maximum Gasteiger partial charge on any atom is 0.161 e. The minimum Gasteiger partial charge on any atom is -0.504 e. The number of nitrogens with one attached hydrogen (secondary N) is 1. The SMILES string of the molecule is CCOc1cc(CN[C@@H](CO)c2ccccc2)ccc1O. The van der Waals surface area contributed by atoms with E-state index >= 15 is 0 Å². The molecule has 0 fully saturated rings. The number of phenols is 1. The molecule has 0 saturated carbocycles. The van der Waals surface area contributed by atoms with Gasteiger partial charge in [-0.3, -0.25) is 0 Å². The molecule has 0 aliphatic rings. The molecule has 0 aliphatic heterocycles. The molecule has 1 atom stereocenters. The molecular weight excluding hydrogens is 266 g/mol. The van der Waals surface area contributed by atoms with Gasteiger partial charge in [0.2, 0.25) is 0 Å². The fourth-order valence-corrected chi connectivity index (χ4v) is 2.15. The molecule has 21 heavy (non-hydrogen) atoms. The molecule has 4 nitrogen and oxygen atoms in total. The Balaban J connectivity index is 2.03. The highest BCUT2D eigenvalue weighted by molar-refractivity contribution is 5.41. The summed E-state index contributed by atoms with van der Waals surface area (Å²) in [5, 5.41) is 22.5. The summed E-state index contributed by atoms with van der Waals surface area (Å²) in [4.78, 5) is 0. The summed E-state index contributed by atoms with van der Waals surface area (Å²) in [6.07, 6.45) is 0. The van der Waals surface area contributed by atoms with E-state index in [1.165, 1.54) is 0 Å². The van der Waals surface area contributed by atoms with Crippen molar-refractivity contribution in [3.63, 3.8) is 0 Å². The number of aliphatic hydroxyl groups excluding tert-OH is 1. The van der Waals surface area contributed by atoms with Crippen LogP contribution in [0, 0.1) is 0 Å². The van der Waals surface area contributed by atoms with Crippen molar-refractivity contribution in [3.8, 4) is 11.5 Å². The fourth-order valence-electron chi connectivity index (χ4n) is 2.15. The Kier molecular flexibility index (Phi) is 5.60. The normalized spacial score (nSPS) is 12.1. The van der Waals surface area contributed by atoms with Gasteiger partial charge in [-0.25, -0.2) is 0 Å². The molecule has 2 rings (SSSR count). The van der Waals surface area contributed by atoms with Crippen LogP contribution in [0.5, 0.6) is 11.5 Å². The predicted octanol–water partition coefficient (Wildman–Crippen LogP) is 2.61. The van der Waals surface area contributed by atoms with Crippen LogP contribution < -0.4 is 10.1 Å². The summed E-state index contributed by atoms with van der Waals surface area (Å²) >= 11 is 0. The molecule has 0 radical (unpaired) electrons. The average Bonchev–Trinajstić information content (AvgIpc) is 2.52. The van der Waals surface area contributed by atoms with Gasteiger partial charge in [0, 0.05) is 6.54 Å². The minimum absolute atomic E-state index is 0.0282. The number of phenolic OH excluding ortho intramolecular Hbond substituents is 1. The molecule has 112 valence electrons. The van der Waals surface area contributed by atoms with Gasteiger partial charge in [0.15, 0.2) is 11.5 Å². The second-order valence-electron chi connectivity index (χ2n) is 4.76. The molecule has 0 spiro atoms. The number of benzene rings is 2. The summed E-state index contributed by atoms with van der Waals surface area (Å²) in [5.74, 6) is 0.624. The van der Waals surface area contributed by atoms with Crippen LogP contribution in [0.15, 0.2) is 48.5 Å². The van der Waals surface area contributed by atoms with E-state index in [1.807, 2.05) is 49.4 Å². The summed E-state index contributed by atoms with van der Waals surface area (Å²) in [7, 11) is 0. The monoisotopic (exact) mass is 287 g/mol. The Morgan fingerprint density at radius 3 is 2.57 bits per heavy atom. The zero-order chi connectivity index (χ0) is 15.1. The third-order valence-corrected chi connectivity index (χ3v) is 3.26. The van der Waals surface area contributed by atoms with E-state index in [4.69, 9.17) is 4.74 Å². The van der Waals surface area contributed by atoms with Crippen molar-refractivity contribution in [1.82, 2.24) is 5.32 Å². The third kappa shape index (κ3) is 4.21. The van der Waals surface area contributed by atoms with Crippen molar-refractivity contribution in [2.75, 3.05) is 13.2 Å². The fraction of sp³-hybridized carbons (Fsp3) is 0.294. The van der Waals surface area contributed by atoms with Gasteiger partial charge in [0.25, 0.3) is 0 Å². The first kappa shape index (κ1) is 15.4. The molecule has 0 heterocycles. The maximum absolute atomic E-state index is 9.68. The molecule has 2 aromatic rings. The van der Waals surface area contributed by atoms with Crippen LogP contribution in [0.1, 0.15) is 24.1 Å². The molecule has 2 aromatic carbocycles. The molecule has 0 saturated heterocycles. The lowest BCUT2D eigenvalue weighted by Gasteiger charge is -2.17. The Morgan fingerprint density at radius 1 is 1.14 bits per heavy atom. The first-order chi connectivity index (χ1) is 10.2. The molecule has 4 heteroatoms. The van der Waals surface area contributed by atoms with E-state index in [2.05, 4.69) is 5.32 Å². The predicted molar refractivity (Wildman–Crippen MR) is 82.4 cm³/mol. The van der Waals surface area contributed by atoms with E-state index in [1.54, 1.807) is 6.07 Å². The molecule has 0 aliphatic carbocycles. The second-order valence-corrected chi connectivity index (χ2v) is 4.76. The van der Waals surface area contributed by atoms with E-state index < -0.39 is 0 Å². The molecule has 0 bridgehead atoms. The van der Waals surface area contributed by atoms with Crippen LogP contribution >= 0.6 is 0 Å². The quantitative estimate of drug-likeness (QED) is 0.732. The number of hydrogen-bond donors (Lipinski definition) is 3. The lowest BCUT2D eigenvalue weighted by atomic mass is 10.1. The Hall–Kier alpha value is -2.04. The van der Waals surface area contributed by atoms with Crippen LogP contribution in [0.25, 0.3) is 0 Å². The number of aromatic hydroxyl groups is 1. The highest BCUT2D eigenvalue weighted by atomic mass is 16.5. The van der Waals surface area contributed by atoms with Crippen molar-refractivity contribution in [3.05, 3.63) is 59.7 Å². The summed E-state index contributed by atoms with van der Waals surface area (Å²) in [5.41, 5.74) is 2.04. The summed E-state index contributed by atoms with van der Waals surface area (Å²) < 4.78 is 5.37. The largest absolute Gasteiger partial charge is 0.504 e. The average molecular weight is 287 g/mol. The van der Waals surface area contributed by atoms with Crippen LogP contribution in [-0.2, 0) is 6.54 Å². The van der Waals surface area contributed by atoms with Crippen LogP contribution in [0.2, 0.25) is 0 Å². The highest BCUT2D eigenvalue weighted by Gasteiger charge is 2.10. The lowest BCUT2D eigenvalue weighted by Crippen LogP contribution is -2.23. The van der Waals surface area contributed by atoms with Crippen molar-refractivity contribution in [1.29, 1.82) is 0 Å². The second kappa shape index (κ2) is 7.67. The molecule has 0 unspecified atom stereocenters. The smallest absolute Gasteiger partial charge is 0.161 e. The number of hydrogen-bond acceptors (Lipinski definition) is 4. The van der Waals surface area contributed by atoms with Gasteiger partial charge in [0.05, 0.1) is 19.3 Å². The van der Waals surface area contributed by atoms with E-state index in [9.17, 15) is 10.2 Å². The topological polar surface area (TPSA) is 61.7 Å². The third-order valence-electron chi connectivity index (χ3n) is 3.26. The van der Waals surface area contributed by atoms with Crippen molar-refractivity contribution in [2.24, 2.45) is 0 Å². The Bertz CT molecular complexity index is 557. The minimum atomic E-state index is -0.115. The van der Waals surface area contributed by atoms with Gasteiger partial charge < -0.3 is 20.3 Å².